The lowest BCUT2D eigenvalue weighted by Gasteiger charge is -2.19. The van der Waals surface area contributed by atoms with E-state index in [1.54, 1.807) is 12.3 Å². The Hall–Kier alpha value is -3.05. The van der Waals surface area contributed by atoms with Gasteiger partial charge in [-0.3, -0.25) is 9.78 Å². The highest BCUT2D eigenvalue weighted by molar-refractivity contribution is 6.32. The molecule has 0 bridgehead atoms. The monoisotopic (exact) mass is 408 g/mol. The van der Waals surface area contributed by atoms with E-state index in [0.717, 1.165) is 23.2 Å². The molecule has 6 heteroatoms. The van der Waals surface area contributed by atoms with Gasteiger partial charge in [0.05, 0.1) is 36.4 Å². The number of rotatable bonds is 5. The second-order valence-electron chi connectivity index (χ2n) is 6.80. The Morgan fingerprint density at radius 2 is 1.86 bits per heavy atom. The van der Waals surface area contributed by atoms with Crippen LogP contribution in [0, 0.1) is 0 Å². The standard InChI is InChI=1S/C23H21ClN2O3/c24-18-13-16(14-20-23(18)29-12-6-11-28-20)15-21(27)26-22(17-7-2-1-3-8-17)19-9-4-5-10-25-19/h1-5,7-10,13-14,22H,6,11-12,15H2,(H,26,27). The number of nitrogens with zero attached hydrogens (tertiary/aromatic N) is 1. The average molecular weight is 409 g/mol. The topological polar surface area (TPSA) is 60.5 Å². The van der Waals surface area contributed by atoms with E-state index in [1.165, 1.54) is 0 Å². The van der Waals surface area contributed by atoms with Crippen molar-refractivity contribution in [1.29, 1.82) is 0 Å². The molecule has 0 saturated carbocycles. The lowest BCUT2D eigenvalue weighted by atomic mass is 10.0. The van der Waals surface area contributed by atoms with Crippen molar-refractivity contribution in [2.45, 2.75) is 18.9 Å². The molecule has 0 fully saturated rings. The molecule has 1 aliphatic rings. The fourth-order valence-electron chi connectivity index (χ4n) is 3.30. The van der Waals surface area contributed by atoms with E-state index < -0.39 is 0 Å². The number of aromatic nitrogens is 1. The van der Waals surface area contributed by atoms with Crippen LogP contribution in [0.1, 0.15) is 29.3 Å². The van der Waals surface area contributed by atoms with Crippen LogP contribution in [0.2, 0.25) is 5.02 Å². The Balaban J connectivity index is 1.54. The summed E-state index contributed by atoms with van der Waals surface area (Å²) in [5.41, 5.74) is 2.52. The number of carbonyl (C=O) groups excluding carboxylic acids is 1. The highest BCUT2D eigenvalue weighted by Gasteiger charge is 2.20. The van der Waals surface area contributed by atoms with Gasteiger partial charge in [0.15, 0.2) is 11.5 Å². The Kier molecular flexibility index (Phi) is 5.96. The molecule has 0 saturated heterocycles. The first-order chi connectivity index (χ1) is 14.2. The lowest BCUT2D eigenvalue weighted by molar-refractivity contribution is -0.121. The first-order valence-electron chi connectivity index (χ1n) is 9.54. The van der Waals surface area contributed by atoms with Crippen LogP contribution in [0.5, 0.6) is 11.5 Å². The molecule has 1 unspecified atom stereocenters. The first-order valence-corrected chi connectivity index (χ1v) is 9.92. The van der Waals surface area contributed by atoms with Crippen molar-refractivity contribution in [2.24, 2.45) is 0 Å². The molecule has 29 heavy (non-hydrogen) atoms. The molecule has 0 aliphatic carbocycles. The molecule has 5 nitrogen and oxygen atoms in total. The second kappa shape index (κ2) is 8.97. The highest BCUT2D eigenvalue weighted by atomic mass is 35.5. The van der Waals surface area contributed by atoms with Crippen LogP contribution in [0.4, 0.5) is 0 Å². The summed E-state index contributed by atoms with van der Waals surface area (Å²) in [6.07, 6.45) is 2.69. The van der Waals surface area contributed by atoms with E-state index in [1.807, 2.05) is 54.6 Å². The number of hydrogen-bond acceptors (Lipinski definition) is 4. The number of amides is 1. The maximum absolute atomic E-state index is 12.9. The normalized spacial score (nSPS) is 14.0. The molecular formula is C23H21ClN2O3. The van der Waals surface area contributed by atoms with Gasteiger partial charge in [-0.2, -0.15) is 0 Å². The van der Waals surface area contributed by atoms with Gasteiger partial charge in [-0.1, -0.05) is 48.0 Å². The smallest absolute Gasteiger partial charge is 0.225 e. The molecule has 1 aromatic heterocycles. The van der Waals surface area contributed by atoms with Crippen LogP contribution in [-0.2, 0) is 11.2 Å². The number of benzene rings is 2. The van der Waals surface area contributed by atoms with E-state index in [2.05, 4.69) is 10.3 Å². The minimum atomic E-state index is -0.333. The molecule has 0 radical (unpaired) electrons. The van der Waals surface area contributed by atoms with Gasteiger partial charge < -0.3 is 14.8 Å². The van der Waals surface area contributed by atoms with Gasteiger partial charge in [-0.05, 0) is 35.4 Å². The third kappa shape index (κ3) is 4.69. The molecule has 1 N–H and O–H groups in total. The van der Waals surface area contributed by atoms with Crippen LogP contribution in [0.15, 0.2) is 66.9 Å². The lowest BCUT2D eigenvalue weighted by Crippen LogP contribution is -2.31. The predicted octanol–water partition coefficient (Wildman–Crippen LogP) is 4.34. The van der Waals surface area contributed by atoms with Crippen LogP contribution in [0.25, 0.3) is 0 Å². The third-order valence-corrected chi connectivity index (χ3v) is 4.93. The average Bonchev–Trinajstić information content (AvgIpc) is 2.99. The summed E-state index contributed by atoms with van der Waals surface area (Å²) in [7, 11) is 0. The van der Waals surface area contributed by atoms with Gasteiger partial charge in [0, 0.05) is 12.6 Å². The zero-order valence-corrected chi connectivity index (χ0v) is 16.6. The zero-order valence-electron chi connectivity index (χ0n) is 15.8. The molecular weight excluding hydrogens is 388 g/mol. The third-order valence-electron chi connectivity index (χ3n) is 4.65. The molecule has 4 rings (SSSR count). The molecule has 0 spiro atoms. The summed E-state index contributed by atoms with van der Waals surface area (Å²) in [5, 5.41) is 3.55. The summed E-state index contributed by atoms with van der Waals surface area (Å²) in [4.78, 5) is 17.3. The maximum Gasteiger partial charge on any atom is 0.225 e. The number of nitrogens with one attached hydrogen (secondary N) is 1. The number of carbonyl (C=O) groups is 1. The van der Waals surface area contributed by atoms with Crippen molar-refractivity contribution in [2.75, 3.05) is 13.2 Å². The Labute approximate surface area is 174 Å². The van der Waals surface area contributed by atoms with E-state index >= 15 is 0 Å². The first kappa shape index (κ1) is 19.3. The van der Waals surface area contributed by atoms with Crippen molar-refractivity contribution in [3.05, 3.63) is 88.7 Å². The fourth-order valence-corrected chi connectivity index (χ4v) is 3.59. The van der Waals surface area contributed by atoms with E-state index in [4.69, 9.17) is 21.1 Å². The summed E-state index contributed by atoms with van der Waals surface area (Å²) in [6, 6.07) is 18.7. The van der Waals surface area contributed by atoms with Crippen molar-refractivity contribution in [1.82, 2.24) is 10.3 Å². The molecule has 2 heterocycles. The van der Waals surface area contributed by atoms with Gasteiger partial charge in [-0.25, -0.2) is 0 Å². The van der Waals surface area contributed by atoms with Gasteiger partial charge in [0.25, 0.3) is 0 Å². The molecule has 1 aliphatic heterocycles. The Morgan fingerprint density at radius 1 is 1.07 bits per heavy atom. The second-order valence-corrected chi connectivity index (χ2v) is 7.21. The fraction of sp³-hybridized carbons (Fsp3) is 0.217. The molecule has 1 amide bonds. The van der Waals surface area contributed by atoms with Gasteiger partial charge in [0.1, 0.15) is 0 Å². The molecule has 3 aromatic rings. The highest BCUT2D eigenvalue weighted by Crippen LogP contribution is 2.38. The van der Waals surface area contributed by atoms with Gasteiger partial charge in [-0.15, -0.1) is 0 Å². The number of pyridine rings is 1. The van der Waals surface area contributed by atoms with E-state index in [0.29, 0.717) is 29.7 Å². The summed E-state index contributed by atoms with van der Waals surface area (Å²) in [6.45, 7) is 1.13. The van der Waals surface area contributed by atoms with Gasteiger partial charge in [0.2, 0.25) is 5.91 Å². The summed E-state index contributed by atoms with van der Waals surface area (Å²) in [5.74, 6) is 1.00. The number of ether oxygens (including phenoxy) is 2. The number of hydrogen-bond donors (Lipinski definition) is 1. The number of fused-ring (bicyclic) bond motifs is 1. The SMILES string of the molecule is O=C(Cc1cc(Cl)c2c(c1)OCCCO2)NC(c1ccccc1)c1ccccn1. The quantitative estimate of drug-likeness (QED) is 0.682. The van der Waals surface area contributed by atoms with Crippen LogP contribution >= 0.6 is 11.6 Å². The molecule has 1 atom stereocenters. The Morgan fingerprint density at radius 3 is 2.66 bits per heavy atom. The zero-order chi connectivity index (χ0) is 20.1. The van der Waals surface area contributed by atoms with E-state index in [9.17, 15) is 4.79 Å². The molecule has 2 aromatic carbocycles. The van der Waals surface area contributed by atoms with Crippen molar-refractivity contribution < 1.29 is 14.3 Å². The minimum absolute atomic E-state index is 0.130. The largest absolute Gasteiger partial charge is 0.489 e. The Bertz CT molecular complexity index is 941. The predicted molar refractivity (Wildman–Crippen MR) is 111 cm³/mol. The van der Waals surface area contributed by atoms with E-state index in [-0.39, 0.29) is 18.4 Å². The minimum Gasteiger partial charge on any atom is -0.489 e. The van der Waals surface area contributed by atoms with Crippen LogP contribution in [0.3, 0.4) is 0 Å². The summed E-state index contributed by atoms with van der Waals surface area (Å²) < 4.78 is 11.4. The molecule has 148 valence electrons. The van der Waals surface area contributed by atoms with Gasteiger partial charge >= 0.3 is 0 Å². The van der Waals surface area contributed by atoms with Crippen molar-refractivity contribution >= 4 is 17.5 Å². The summed E-state index contributed by atoms with van der Waals surface area (Å²) >= 11 is 6.35. The maximum atomic E-state index is 12.9. The van der Waals surface area contributed by atoms with Crippen molar-refractivity contribution in [3.63, 3.8) is 0 Å². The number of halogens is 1. The van der Waals surface area contributed by atoms with Crippen LogP contribution < -0.4 is 14.8 Å². The van der Waals surface area contributed by atoms with Crippen LogP contribution in [-0.4, -0.2) is 24.1 Å². The van der Waals surface area contributed by atoms with Crippen molar-refractivity contribution in [3.8, 4) is 11.5 Å².